The lowest BCUT2D eigenvalue weighted by Gasteiger charge is -2.31. The molecule has 1 fully saturated rings. The van der Waals surface area contributed by atoms with Gasteiger partial charge < -0.3 is 16.3 Å². The predicted octanol–water partition coefficient (Wildman–Crippen LogP) is 0.163. The third-order valence-corrected chi connectivity index (χ3v) is 5.21. The van der Waals surface area contributed by atoms with Crippen molar-refractivity contribution in [2.75, 3.05) is 25.9 Å². The number of hydrogen-bond donors (Lipinski definition) is 3. The number of oxime groups is 1. The third-order valence-electron chi connectivity index (χ3n) is 3.91. The van der Waals surface area contributed by atoms with Crippen LogP contribution in [0.25, 0.3) is 0 Å². The Labute approximate surface area is 121 Å². The second kappa shape index (κ2) is 6.73. The molecule has 1 saturated heterocycles. The summed E-state index contributed by atoms with van der Waals surface area (Å²) in [5.74, 6) is 0.228. The van der Waals surface area contributed by atoms with Gasteiger partial charge in [-0.05, 0) is 25.8 Å². The molecule has 20 heavy (non-hydrogen) atoms. The van der Waals surface area contributed by atoms with Crippen molar-refractivity contribution in [1.29, 1.82) is 0 Å². The van der Waals surface area contributed by atoms with Crippen molar-refractivity contribution >= 4 is 15.9 Å². The van der Waals surface area contributed by atoms with Crippen LogP contribution in [0.15, 0.2) is 5.16 Å². The van der Waals surface area contributed by atoms with Crippen molar-refractivity contribution in [3.05, 3.63) is 0 Å². The molecule has 0 bridgehead atoms. The third kappa shape index (κ3) is 4.92. The number of amidine groups is 1. The summed E-state index contributed by atoms with van der Waals surface area (Å²) < 4.78 is 24.3. The number of nitrogens with one attached hydrogen (secondary N) is 1. The Morgan fingerprint density at radius 2 is 2.00 bits per heavy atom. The Kier molecular flexibility index (Phi) is 5.79. The lowest BCUT2D eigenvalue weighted by atomic mass is 9.88. The Morgan fingerprint density at radius 1 is 1.45 bits per heavy atom. The van der Waals surface area contributed by atoms with Gasteiger partial charge in [-0.3, -0.25) is 0 Å². The first kappa shape index (κ1) is 17.2. The monoisotopic (exact) mass is 306 g/mol. The molecule has 0 aliphatic carbocycles. The molecule has 7 nitrogen and oxygen atoms in total. The molecule has 4 N–H and O–H groups in total. The molecule has 1 rings (SSSR count). The molecule has 118 valence electrons. The maximum atomic E-state index is 11.4. The fourth-order valence-corrected chi connectivity index (χ4v) is 3.12. The maximum absolute atomic E-state index is 11.4. The van der Waals surface area contributed by atoms with Crippen molar-refractivity contribution in [1.82, 2.24) is 9.62 Å². The normalized spacial score (nSPS) is 20.2. The quantitative estimate of drug-likeness (QED) is 0.280. The molecule has 0 unspecified atom stereocenters. The molecule has 1 heterocycles. The number of sulfonamides is 1. The van der Waals surface area contributed by atoms with E-state index in [2.05, 4.69) is 10.5 Å². The summed E-state index contributed by atoms with van der Waals surface area (Å²) in [5, 5.41) is 15.2. The Morgan fingerprint density at radius 3 is 2.45 bits per heavy atom. The van der Waals surface area contributed by atoms with E-state index in [1.807, 2.05) is 13.8 Å². The molecular formula is C12H26N4O3S. The number of rotatable bonds is 6. The van der Waals surface area contributed by atoms with Crippen LogP contribution < -0.4 is 11.1 Å². The fraction of sp³-hybridized carbons (Fsp3) is 0.917. The topological polar surface area (TPSA) is 108 Å². The van der Waals surface area contributed by atoms with Crippen molar-refractivity contribution < 1.29 is 13.6 Å². The van der Waals surface area contributed by atoms with Crippen LogP contribution in [0.1, 0.15) is 33.1 Å². The van der Waals surface area contributed by atoms with E-state index in [1.54, 1.807) is 0 Å². The highest BCUT2D eigenvalue weighted by Crippen LogP contribution is 2.20. The van der Waals surface area contributed by atoms with E-state index in [9.17, 15) is 8.42 Å². The molecule has 0 saturated carbocycles. The zero-order chi connectivity index (χ0) is 15.4. The number of piperidine rings is 1. The highest BCUT2D eigenvalue weighted by molar-refractivity contribution is 7.88. The highest BCUT2D eigenvalue weighted by atomic mass is 32.2. The van der Waals surface area contributed by atoms with Gasteiger partial charge in [-0.1, -0.05) is 19.0 Å². The van der Waals surface area contributed by atoms with E-state index < -0.39 is 10.0 Å². The van der Waals surface area contributed by atoms with E-state index >= 15 is 0 Å². The van der Waals surface area contributed by atoms with Crippen LogP contribution in [-0.2, 0) is 10.0 Å². The summed E-state index contributed by atoms with van der Waals surface area (Å²) in [7, 11) is -3.06. The van der Waals surface area contributed by atoms with Gasteiger partial charge in [-0.25, -0.2) is 12.7 Å². The van der Waals surface area contributed by atoms with Crippen molar-refractivity contribution in [2.45, 2.75) is 39.2 Å². The molecule has 0 atom stereocenters. The lowest BCUT2D eigenvalue weighted by molar-refractivity contribution is 0.281. The first-order chi connectivity index (χ1) is 9.16. The zero-order valence-electron chi connectivity index (χ0n) is 12.5. The number of nitrogens with two attached hydrogens (primary N) is 1. The summed E-state index contributed by atoms with van der Waals surface area (Å²) in [5.41, 5.74) is 5.28. The SMILES string of the molecule is CC(C)(CCNC1CCN(S(C)(=O)=O)CC1)C(N)=NO. The van der Waals surface area contributed by atoms with Crippen molar-refractivity contribution in [2.24, 2.45) is 16.3 Å². The minimum absolute atomic E-state index is 0.228. The fourth-order valence-electron chi connectivity index (χ4n) is 2.24. The first-order valence-corrected chi connectivity index (χ1v) is 8.68. The summed E-state index contributed by atoms with van der Waals surface area (Å²) in [6, 6.07) is 0.330. The second-order valence-corrected chi connectivity index (χ2v) is 7.99. The second-order valence-electron chi connectivity index (χ2n) is 6.01. The van der Waals surface area contributed by atoms with Crippen LogP contribution in [0.4, 0.5) is 0 Å². The van der Waals surface area contributed by atoms with Crippen LogP contribution in [0, 0.1) is 5.41 Å². The summed E-state index contributed by atoms with van der Waals surface area (Å²) in [6.07, 6.45) is 3.64. The average molecular weight is 306 g/mol. The standard InChI is InChI=1S/C12H26N4O3S/c1-12(2,11(13)15-17)6-7-14-10-4-8-16(9-5-10)20(3,18)19/h10,14,17H,4-9H2,1-3H3,(H2,13,15). The van der Waals surface area contributed by atoms with Gasteiger partial charge in [0.25, 0.3) is 0 Å². The van der Waals surface area contributed by atoms with Crippen LogP contribution in [0.5, 0.6) is 0 Å². The largest absolute Gasteiger partial charge is 0.409 e. The van der Waals surface area contributed by atoms with E-state index in [0.717, 1.165) is 25.8 Å². The van der Waals surface area contributed by atoms with Gasteiger partial charge in [0, 0.05) is 24.5 Å². The predicted molar refractivity (Wildman–Crippen MR) is 79.2 cm³/mol. The zero-order valence-corrected chi connectivity index (χ0v) is 13.3. The van der Waals surface area contributed by atoms with Crippen molar-refractivity contribution in [3.63, 3.8) is 0 Å². The van der Waals surface area contributed by atoms with E-state index in [1.165, 1.54) is 10.6 Å². The van der Waals surface area contributed by atoms with Gasteiger partial charge >= 0.3 is 0 Å². The minimum Gasteiger partial charge on any atom is -0.409 e. The van der Waals surface area contributed by atoms with Gasteiger partial charge in [-0.15, -0.1) is 0 Å². The summed E-state index contributed by atoms with van der Waals surface area (Å²) >= 11 is 0. The number of hydrogen-bond acceptors (Lipinski definition) is 5. The van der Waals surface area contributed by atoms with Crippen LogP contribution in [0.3, 0.4) is 0 Å². The van der Waals surface area contributed by atoms with E-state index in [0.29, 0.717) is 19.1 Å². The highest BCUT2D eigenvalue weighted by Gasteiger charge is 2.26. The van der Waals surface area contributed by atoms with Gasteiger partial charge in [-0.2, -0.15) is 0 Å². The molecule has 1 aliphatic rings. The Balaban J connectivity index is 2.32. The van der Waals surface area contributed by atoms with E-state index in [-0.39, 0.29) is 11.3 Å². The van der Waals surface area contributed by atoms with E-state index in [4.69, 9.17) is 10.9 Å². The van der Waals surface area contributed by atoms with Crippen LogP contribution in [0.2, 0.25) is 0 Å². The molecule has 8 heteroatoms. The van der Waals surface area contributed by atoms with Crippen LogP contribution >= 0.6 is 0 Å². The molecule has 0 aromatic rings. The minimum atomic E-state index is -3.06. The molecule has 1 aliphatic heterocycles. The molecular weight excluding hydrogens is 280 g/mol. The van der Waals surface area contributed by atoms with Gasteiger partial charge in [0.05, 0.1) is 6.26 Å². The lowest BCUT2D eigenvalue weighted by Crippen LogP contribution is -2.45. The first-order valence-electron chi connectivity index (χ1n) is 6.83. The average Bonchev–Trinajstić information content (AvgIpc) is 2.37. The van der Waals surface area contributed by atoms with Gasteiger partial charge in [0.1, 0.15) is 5.84 Å². The maximum Gasteiger partial charge on any atom is 0.211 e. The smallest absolute Gasteiger partial charge is 0.211 e. The van der Waals surface area contributed by atoms with Gasteiger partial charge in [0.2, 0.25) is 10.0 Å². The van der Waals surface area contributed by atoms with Crippen LogP contribution in [-0.4, -0.2) is 55.7 Å². The Bertz CT molecular complexity index is 440. The summed E-state index contributed by atoms with van der Waals surface area (Å²) in [4.78, 5) is 0. The molecule has 0 aromatic carbocycles. The number of nitrogens with zero attached hydrogens (tertiary/aromatic N) is 2. The summed E-state index contributed by atoms with van der Waals surface area (Å²) in [6.45, 7) is 5.75. The van der Waals surface area contributed by atoms with Gasteiger partial charge in [0.15, 0.2) is 0 Å². The Hall–Kier alpha value is -0.860. The molecule has 0 aromatic heterocycles. The molecule has 0 amide bonds. The molecule has 0 spiro atoms. The molecule has 0 radical (unpaired) electrons. The van der Waals surface area contributed by atoms with Crippen molar-refractivity contribution in [3.8, 4) is 0 Å².